The monoisotopic (exact) mass is 669 g/mol. The molecular weight excluding hydrogens is 626 g/mol. The van der Waals surface area contributed by atoms with Crippen LogP contribution in [0.15, 0.2) is 48.5 Å². The van der Waals surface area contributed by atoms with Crippen LogP contribution in [0.25, 0.3) is 10.8 Å². The van der Waals surface area contributed by atoms with Gasteiger partial charge in [0.05, 0.1) is 38.4 Å². The van der Waals surface area contributed by atoms with Crippen molar-refractivity contribution < 1.29 is 41.7 Å². The highest BCUT2D eigenvalue weighted by Crippen LogP contribution is 2.37. The van der Waals surface area contributed by atoms with Gasteiger partial charge in [-0.25, -0.2) is 13.1 Å². The molecule has 1 amide bonds. The Morgan fingerprint density at radius 3 is 2.36 bits per heavy atom. The van der Waals surface area contributed by atoms with Crippen molar-refractivity contribution in [1.82, 2.24) is 9.62 Å². The van der Waals surface area contributed by atoms with E-state index in [1.165, 1.54) is 7.11 Å². The number of Topliss-reactive ketones (excluding diaryl/α,β-unsaturated/α-hetero) is 1. The molecule has 0 unspecified atom stereocenters. The topological polar surface area (TPSA) is 150 Å². The summed E-state index contributed by atoms with van der Waals surface area (Å²) in [5, 5.41) is 3.92. The molecule has 1 aliphatic rings. The maximum absolute atomic E-state index is 13.6. The normalized spacial score (nSPS) is 14.1. The lowest BCUT2D eigenvalue weighted by molar-refractivity contribution is -0.141. The van der Waals surface area contributed by atoms with E-state index in [2.05, 4.69) is 14.9 Å². The predicted molar refractivity (Wildman–Crippen MR) is 179 cm³/mol. The molecule has 254 valence electrons. The number of esters is 1. The Morgan fingerprint density at radius 1 is 1.00 bits per heavy atom. The van der Waals surface area contributed by atoms with Gasteiger partial charge in [0.15, 0.2) is 0 Å². The minimum absolute atomic E-state index is 0.0783. The third kappa shape index (κ3) is 9.50. The van der Waals surface area contributed by atoms with Crippen molar-refractivity contribution in [3.63, 3.8) is 0 Å². The average Bonchev–Trinajstić information content (AvgIpc) is 3.03. The summed E-state index contributed by atoms with van der Waals surface area (Å²) in [7, 11) is -2.68. The zero-order valence-electron chi connectivity index (χ0n) is 27.5. The number of methoxy groups -OCH3 is 1. The lowest BCUT2D eigenvalue weighted by atomic mass is 9.85. The molecule has 0 bridgehead atoms. The Balaban J connectivity index is 1.58. The molecule has 3 aromatic rings. The number of ether oxygens (including phenoxy) is 4. The Labute approximate surface area is 275 Å². The number of ketones is 1. The number of hydrogen-bond acceptors (Lipinski definition) is 10. The summed E-state index contributed by atoms with van der Waals surface area (Å²) in [6.07, 6.45) is 0. The van der Waals surface area contributed by atoms with E-state index >= 15 is 0 Å². The number of anilines is 1. The van der Waals surface area contributed by atoms with E-state index in [1.54, 1.807) is 43.3 Å². The molecule has 1 fully saturated rings. The van der Waals surface area contributed by atoms with Gasteiger partial charge in [-0.05, 0) is 41.5 Å². The summed E-state index contributed by atoms with van der Waals surface area (Å²) >= 11 is 0. The molecule has 0 aliphatic carbocycles. The van der Waals surface area contributed by atoms with E-state index in [-0.39, 0.29) is 29.2 Å². The number of fused-ring (bicyclic) bond motifs is 1. The molecule has 0 spiro atoms. The Morgan fingerprint density at radius 2 is 1.70 bits per heavy atom. The number of amides is 1. The zero-order valence-corrected chi connectivity index (χ0v) is 28.3. The lowest BCUT2D eigenvalue weighted by Gasteiger charge is -2.26. The van der Waals surface area contributed by atoms with Gasteiger partial charge in [0.2, 0.25) is 10.0 Å². The molecule has 13 heteroatoms. The van der Waals surface area contributed by atoms with Crippen molar-refractivity contribution in [2.75, 3.05) is 65.0 Å². The van der Waals surface area contributed by atoms with Crippen LogP contribution in [-0.2, 0) is 40.3 Å². The van der Waals surface area contributed by atoms with E-state index in [0.29, 0.717) is 41.9 Å². The second-order valence-electron chi connectivity index (χ2n) is 12.1. The number of carbonyl (C=O) groups is 3. The first-order valence-electron chi connectivity index (χ1n) is 15.5. The van der Waals surface area contributed by atoms with Crippen molar-refractivity contribution >= 4 is 44.1 Å². The molecule has 1 saturated heterocycles. The van der Waals surface area contributed by atoms with E-state index < -0.39 is 45.4 Å². The summed E-state index contributed by atoms with van der Waals surface area (Å²) in [5.74, 6) is -2.28. The number of hydrogen-bond donors (Lipinski definition) is 2. The number of sulfonamides is 1. The fourth-order valence-electron chi connectivity index (χ4n) is 5.21. The van der Waals surface area contributed by atoms with Gasteiger partial charge in [-0.3, -0.25) is 19.3 Å². The Hall–Kier alpha value is -4.04. The second kappa shape index (κ2) is 15.7. The highest BCUT2D eigenvalue weighted by molar-refractivity contribution is 7.88. The summed E-state index contributed by atoms with van der Waals surface area (Å²) < 4.78 is 50.0. The Bertz CT molecular complexity index is 1710. The smallest absolute Gasteiger partial charge is 0.320 e. The molecule has 47 heavy (non-hydrogen) atoms. The van der Waals surface area contributed by atoms with Gasteiger partial charge < -0.3 is 24.3 Å². The number of rotatable bonds is 14. The highest BCUT2D eigenvalue weighted by Gasteiger charge is 2.27. The van der Waals surface area contributed by atoms with Crippen molar-refractivity contribution in [1.29, 1.82) is 0 Å². The molecule has 4 rings (SSSR count). The van der Waals surface area contributed by atoms with Gasteiger partial charge in [0.25, 0.3) is 11.7 Å². The number of nitrogens with one attached hydrogen (secondary N) is 2. The van der Waals surface area contributed by atoms with Crippen molar-refractivity contribution in [3.8, 4) is 11.5 Å². The van der Waals surface area contributed by atoms with Crippen LogP contribution < -0.4 is 19.5 Å². The van der Waals surface area contributed by atoms with E-state index in [9.17, 15) is 22.8 Å². The van der Waals surface area contributed by atoms with Crippen molar-refractivity contribution in [2.24, 2.45) is 0 Å². The molecule has 0 saturated carbocycles. The molecule has 0 atom stereocenters. The van der Waals surface area contributed by atoms with Crippen LogP contribution in [-0.4, -0.2) is 90.7 Å². The van der Waals surface area contributed by atoms with Crippen LogP contribution in [0.5, 0.6) is 11.5 Å². The summed E-state index contributed by atoms with van der Waals surface area (Å²) in [4.78, 5) is 41.1. The molecule has 1 aliphatic heterocycles. The number of nitrogens with zero attached hydrogens (tertiary/aromatic N) is 1. The fraction of sp³-hybridized carbons (Fsp3) is 0.441. The molecule has 12 nitrogen and oxygen atoms in total. The predicted octanol–water partition coefficient (Wildman–Crippen LogP) is 3.66. The maximum atomic E-state index is 13.6. The van der Waals surface area contributed by atoms with E-state index in [1.807, 2.05) is 32.9 Å². The van der Waals surface area contributed by atoms with Gasteiger partial charge in [-0.2, -0.15) is 0 Å². The molecular formula is C34H43N3O9S. The maximum Gasteiger partial charge on any atom is 0.320 e. The van der Waals surface area contributed by atoms with Crippen molar-refractivity contribution in [3.05, 3.63) is 65.2 Å². The summed E-state index contributed by atoms with van der Waals surface area (Å²) in [6.45, 7) is 11.3. The first kappa shape index (κ1) is 35.8. The minimum atomic E-state index is -4.02. The van der Waals surface area contributed by atoms with Crippen LogP contribution >= 0.6 is 0 Å². The van der Waals surface area contributed by atoms with Crippen molar-refractivity contribution in [2.45, 2.75) is 38.9 Å². The molecule has 2 N–H and O–H groups in total. The lowest BCUT2D eigenvalue weighted by Crippen LogP contribution is -2.38. The van der Waals surface area contributed by atoms with Gasteiger partial charge in [0, 0.05) is 36.1 Å². The minimum Gasteiger partial charge on any atom is -0.494 e. The van der Waals surface area contributed by atoms with Crippen LogP contribution in [0.4, 0.5) is 5.69 Å². The van der Waals surface area contributed by atoms with Crippen LogP contribution in [0.3, 0.4) is 0 Å². The molecule has 1 heterocycles. The van der Waals surface area contributed by atoms with Gasteiger partial charge >= 0.3 is 5.97 Å². The number of morpholine rings is 1. The molecule has 0 radical (unpaired) electrons. The summed E-state index contributed by atoms with van der Waals surface area (Å²) in [5.41, 5.74) is 0.806. The van der Waals surface area contributed by atoms with Gasteiger partial charge in [0.1, 0.15) is 24.7 Å². The summed E-state index contributed by atoms with van der Waals surface area (Å²) in [6, 6.07) is 13.8. The van der Waals surface area contributed by atoms with Crippen LogP contribution in [0, 0.1) is 0 Å². The van der Waals surface area contributed by atoms with E-state index in [0.717, 1.165) is 19.6 Å². The zero-order chi connectivity index (χ0) is 34.2. The first-order valence-corrected chi connectivity index (χ1v) is 17.1. The largest absolute Gasteiger partial charge is 0.494 e. The van der Waals surface area contributed by atoms with E-state index in [4.69, 9.17) is 18.9 Å². The standard InChI is InChI=1S/C34H43N3O9S/c1-6-45-30(38)21-35-47(41,42)22-23-19-24(34(2,3)4)20-28(32(23)43-5)36-33(40)31(39)27-11-12-29(26-10-8-7-9-25(26)27)46-18-15-37-13-16-44-17-14-37/h7-12,19-20,35H,6,13-18,21-22H2,1-5H3,(H,36,40). The van der Waals surface area contributed by atoms with Gasteiger partial charge in [-0.15, -0.1) is 0 Å². The Kier molecular flexibility index (Phi) is 12.0. The molecule has 0 aromatic heterocycles. The van der Waals surface area contributed by atoms with Gasteiger partial charge in [-0.1, -0.05) is 51.1 Å². The number of benzene rings is 3. The quantitative estimate of drug-likeness (QED) is 0.148. The number of carbonyl (C=O) groups excluding carboxylic acids is 3. The average molecular weight is 670 g/mol. The third-order valence-electron chi connectivity index (χ3n) is 7.68. The van der Waals surface area contributed by atoms with Crippen LogP contribution in [0.2, 0.25) is 0 Å². The second-order valence-corrected chi connectivity index (χ2v) is 13.9. The molecule has 3 aromatic carbocycles. The van der Waals surface area contributed by atoms with Crippen LogP contribution in [0.1, 0.15) is 49.2 Å². The highest BCUT2D eigenvalue weighted by atomic mass is 32.2. The fourth-order valence-corrected chi connectivity index (χ4v) is 6.27. The third-order valence-corrected chi connectivity index (χ3v) is 8.95. The first-order chi connectivity index (χ1) is 22.3. The SMILES string of the molecule is CCOC(=O)CNS(=O)(=O)Cc1cc(C(C)(C)C)cc(NC(=O)C(=O)c2ccc(OCCN3CCOCC3)c3ccccc23)c1OC.